The molecule has 0 aliphatic heterocycles. The molecule has 0 saturated heterocycles. The Morgan fingerprint density at radius 1 is 1.18 bits per heavy atom. The molecule has 0 saturated carbocycles. The summed E-state index contributed by atoms with van der Waals surface area (Å²) >= 11 is 12.1. The lowest BCUT2D eigenvalue weighted by molar-refractivity contribution is -0.119. The molecule has 0 radical (unpaired) electrons. The molecular weight excluding hydrogens is 321 g/mol. The molecule has 0 fully saturated rings. The number of benzene rings is 2. The van der Waals surface area contributed by atoms with Crippen molar-refractivity contribution in [3.63, 3.8) is 0 Å². The molecular formula is C17H17Cl2NO2. The van der Waals surface area contributed by atoms with Crippen molar-refractivity contribution in [2.75, 3.05) is 12.4 Å². The first kappa shape index (κ1) is 16.7. The zero-order valence-electron chi connectivity index (χ0n) is 12.4. The van der Waals surface area contributed by atoms with E-state index in [1.165, 1.54) is 0 Å². The summed E-state index contributed by atoms with van der Waals surface area (Å²) in [6.07, 6.45) is 0.602. The number of anilines is 1. The minimum atomic E-state index is -0.223. The molecule has 0 unspecified atom stereocenters. The third-order valence-electron chi connectivity index (χ3n) is 3.33. The predicted molar refractivity (Wildman–Crippen MR) is 91.0 cm³/mol. The van der Waals surface area contributed by atoms with Crippen LogP contribution in [0.4, 0.5) is 5.69 Å². The lowest BCUT2D eigenvalue weighted by Crippen LogP contribution is -2.22. The molecule has 2 aromatic rings. The van der Waals surface area contributed by atoms with Crippen molar-refractivity contribution in [3.05, 3.63) is 58.1 Å². The van der Waals surface area contributed by atoms with Crippen LogP contribution < -0.4 is 10.1 Å². The van der Waals surface area contributed by atoms with Gasteiger partial charge in [-0.3, -0.25) is 4.79 Å². The zero-order chi connectivity index (χ0) is 16.1. The molecule has 0 aromatic heterocycles. The third-order valence-corrected chi connectivity index (χ3v) is 3.96. The first-order chi connectivity index (χ1) is 10.5. The van der Waals surface area contributed by atoms with E-state index in [1.54, 1.807) is 25.3 Å². The van der Waals surface area contributed by atoms with E-state index in [2.05, 4.69) is 5.32 Å². The number of rotatable bonds is 5. The zero-order valence-corrected chi connectivity index (χ0v) is 13.9. The Labute approximate surface area is 140 Å². The predicted octanol–water partition coefficient (Wildman–Crippen LogP) is 4.82. The van der Waals surface area contributed by atoms with Gasteiger partial charge in [-0.25, -0.2) is 0 Å². The van der Waals surface area contributed by atoms with Crippen LogP contribution in [0.2, 0.25) is 10.0 Å². The number of para-hydroxylation sites is 1. The minimum Gasteiger partial charge on any atom is -0.497 e. The maximum Gasteiger partial charge on any atom is 0.227 e. The van der Waals surface area contributed by atoms with Gasteiger partial charge in [-0.2, -0.15) is 0 Å². The second-order valence-corrected chi connectivity index (χ2v) is 5.86. The second-order valence-electron chi connectivity index (χ2n) is 5.04. The van der Waals surface area contributed by atoms with E-state index in [4.69, 9.17) is 27.9 Å². The highest BCUT2D eigenvalue weighted by Gasteiger charge is 2.16. The fourth-order valence-corrected chi connectivity index (χ4v) is 2.60. The van der Waals surface area contributed by atoms with Crippen LogP contribution in [0.1, 0.15) is 12.5 Å². The summed E-state index contributed by atoms with van der Waals surface area (Å²) in [5.41, 5.74) is 1.49. The molecule has 1 amide bonds. The number of carbonyl (C=O) groups is 1. The van der Waals surface area contributed by atoms with Crippen molar-refractivity contribution < 1.29 is 9.53 Å². The summed E-state index contributed by atoms with van der Waals surface area (Å²) in [6.45, 7) is 1.86. The normalized spacial score (nSPS) is 11.8. The number of carbonyl (C=O) groups excluding carboxylic acids is 1. The molecule has 2 rings (SSSR count). The number of ether oxygens (including phenoxy) is 1. The van der Waals surface area contributed by atoms with E-state index in [1.807, 2.05) is 31.2 Å². The molecule has 5 heteroatoms. The first-order valence-electron chi connectivity index (χ1n) is 6.89. The van der Waals surface area contributed by atoms with Crippen LogP contribution in [-0.4, -0.2) is 13.0 Å². The lowest BCUT2D eigenvalue weighted by Gasteiger charge is -2.14. The molecule has 0 aliphatic rings. The van der Waals surface area contributed by atoms with Crippen molar-refractivity contribution in [1.29, 1.82) is 0 Å². The van der Waals surface area contributed by atoms with E-state index in [9.17, 15) is 4.79 Å². The van der Waals surface area contributed by atoms with E-state index in [-0.39, 0.29) is 11.8 Å². The number of nitrogens with one attached hydrogen (secondary N) is 1. The lowest BCUT2D eigenvalue weighted by atomic mass is 10.00. The highest BCUT2D eigenvalue weighted by Crippen LogP contribution is 2.30. The van der Waals surface area contributed by atoms with E-state index >= 15 is 0 Å². The summed E-state index contributed by atoms with van der Waals surface area (Å²) in [6, 6.07) is 12.8. The van der Waals surface area contributed by atoms with E-state index in [0.717, 1.165) is 11.3 Å². The fraction of sp³-hybridized carbons (Fsp3) is 0.235. The molecule has 1 N–H and O–H groups in total. The third kappa shape index (κ3) is 4.15. The molecule has 3 nitrogen and oxygen atoms in total. The Morgan fingerprint density at radius 2 is 1.82 bits per heavy atom. The Kier molecular flexibility index (Phi) is 5.69. The number of hydrogen-bond donors (Lipinski definition) is 1. The highest BCUT2D eigenvalue weighted by molar-refractivity contribution is 6.39. The Morgan fingerprint density at radius 3 is 2.45 bits per heavy atom. The molecule has 0 spiro atoms. The molecule has 22 heavy (non-hydrogen) atoms. The number of hydrogen-bond acceptors (Lipinski definition) is 2. The van der Waals surface area contributed by atoms with Crippen molar-refractivity contribution in [2.45, 2.75) is 13.3 Å². The Hall–Kier alpha value is -1.71. The van der Waals surface area contributed by atoms with Crippen LogP contribution >= 0.6 is 23.2 Å². The highest BCUT2D eigenvalue weighted by atomic mass is 35.5. The second kappa shape index (κ2) is 7.52. The monoisotopic (exact) mass is 337 g/mol. The summed E-state index contributed by atoms with van der Waals surface area (Å²) in [5, 5.41) is 3.64. The maximum absolute atomic E-state index is 12.3. The number of methoxy groups -OCH3 is 1. The molecule has 0 aliphatic carbocycles. The van der Waals surface area contributed by atoms with Gasteiger partial charge in [-0.05, 0) is 36.2 Å². The van der Waals surface area contributed by atoms with Crippen molar-refractivity contribution in [2.24, 2.45) is 5.92 Å². The standard InChI is InChI=1S/C17H17Cl2NO2/c1-11(9-12-5-3-6-13(10-12)22-2)17(21)20-16-14(18)7-4-8-15(16)19/h3-8,10-11H,9H2,1-2H3,(H,20,21)/t11-/m1/s1. The van der Waals surface area contributed by atoms with E-state index in [0.29, 0.717) is 22.2 Å². The summed E-state index contributed by atoms with van der Waals surface area (Å²) in [7, 11) is 1.62. The fourth-order valence-electron chi connectivity index (χ4n) is 2.11. The number of halogens is 2. The average molecular weight is 338 g/mol. The summed E-state index contributed by atoms with van der Waals surface area (Å²) in [4.78, 5) is 12.3. The summed E-state index contributed by atoms with van der Waals surface area (Å²) < 4.78 is 5.19. The Balaban J connectivity index is 2.06. The average Bonchev–Trinajstić information content (AvgIpc) is 2.51. The Bertz CT molecular complexity index is 653. The first-order valence-corrected chi connectivity index (χ1v) is 7.64. The van der Waals surface area contributed by atoms with Gasteiger partial charge >= 0.3 is 0 Å². The summed E-state index contributed by atoms with van der Waals surface area (Å²) in [5.74, 6) is 0.427. The van der Waals surface area contributed by atoms with Gasteiger partial charge in [-0.1, -0.05) is 48.3 Å². The van der Waals surface area contributed by atoms with Gasteiger partial charge in [0.2, 0.25) is 5.91 Å². The van der Waals surface area contributed by atoms with Crippen LogP contribution in [0.3, 0.4) is 0 Å². The van der Waals surface area contributed by atoms with Crippen molar-refractivity contribution in [1.82, 2.24) is 0 Å². The topological polar surface area (TPSA) is 38.3 Å². The SMILES string of the molecule is COc1cccc(C[C@@H](C)C(=O)Nc2c(Cl)cccc2Cl)c1. The van der Waals surface area contributed by atoms with Gasteiger partial charge in [0.25, 0.3) is 0 Å². The van der Waals surface area contributed by atoms with Crippen LogP contribution in [0.15, 0.2) is 42.5 Å². The van der Waals surface area contributed by atoms with E-state index < -0.39 is 0 Å². The van der Waals surface area contributed by atoms with Crippen LogP contribution in [0.5, 0.6) is 5.75 Å². The van der Waals surface area contributed by atoms with Crippen molar-refractivity contribution >= 4 is 34.8 Å². The van der Waals surface area contributed by atoms with Gasteiger partial charge in [0.05, 0.1) is 22.8 Å². The maximum atomic E-state index is 12.3. The largest absolute Gasteiger partial charge is 0.497 e. The van der Waals surface area contributed by atoms with Gasteiger partial charge in [0.1, 0.15) is 5.75 Å². The van der Waals surface area contributed by atoms with Gasteiger partial charge in [0.15, 0.2) is 0 Å². The van der Waals surface area contributed by atoms with Gasteiger partial charge in [0, 0.05) is 5.92 Å². The van der Waals surface area contributed by atoms with Crippen molar-refractivity contribution in [3.8, 4) is 5.75 Å². The van der Waals surface area contributed by atoms with Gasteiger partial charge < -0.3 is 10.1 Å². The van der Waals surface area contributed by atoms with Crippen LogP contribution in [0, 0.1) is 5.92 Å². The van der Waals surface area contributed by atoms with Gasteiger partial charge in [-0.15, -0.1) is 0 Å². The van der Waals surface area contributed by atoms with Crippen LogP contribution in [-0.2, 0) is 11.2 Å². The quantitative estimate of drug-likeness (QED) is 0.849. The van der Waals surface area contributed by atoms with Crippen LogP contribution in [0.25, 0.3) is 0 Å². The molecule has 116 valence electrons. The molecule has 1 atom stereocenters. The smallest absolute Gasteiger partial charge is 0.227 e. The molecule has 0 heterocycles. The molecule has 0 bridgehead atoms. The minimum absolute atomic E-state index is 0.127. The number of amides is 1. The molecule has 2 aromatic carbocycles.